The van der Waals surface area contributed by atoms with E-state index < -0.39 is 167 Å². The van der Waals surface area contributed by atoms with Gasteiger partial charge in [0.05, 0.1) is 70.1 Å². The van der Waals surface area contributed by atoms with Crippen molar-refractivity contribution in [2.75, 3.05) is 37.9 Å². The van der Waals surface area contributed by atoms with Gasteiger partial charge in [0, 0.05) is 6.20 Å². The van der Waals surface area contributed by atoms with E-state index in [4.69, 9.17) is 66.6 Å². The number of phosphoric ester groups is 4. The van der Waals surface area contributed by atoms with E-state index in [-0.39, 0.29) is 45.0 Å². The first-order valence-electron chi connectivity index (χ1n) is 25.6. The Morgan fingerprint density at radius 2 is 0.807 bits per heavy atom. The summed E-state index contributed by atoms with van der Waals surface area (Å²) in [4.78, 5) is 108. The third-order valence-electron chi connectivity index (χ3n) is 14.6. The minimum absolute atomic E-state index is 0.0000713. The highest BCUT2D eigenvalue weighted by Crippen LogP contribution is 2.56. The predicted octanol–water partition coefficient (Wildman–Crippen LogP) is -3.24. The van der Waals surface area contributed by atoms with E-state index in [0.717, 1.165) is 31.6 Å². The van der Waals surface area contributed by atoms with Crippen molar-refractivity contribution < 1.29 is 113 Å². The molecule has 43 nitrogen and oxygen atoms in total. The number of H-pyrrole nitrogens is 2. The molecule has 0 amide bonds. The summed E-state index contributed by atoms with van der Waals surface area (Å²) >= 11 is 0. The number of aromatic nitrogens is 15. The van der Waals surface area contributed by atoms with Crippen molar-refractivity contribution in [1.29, 1.82) is 0 Å². The van der Waals surface area contributed by atoms with Crippen molar-refractivity contribution in [1.82, 2.24) is 73.1 Å². The molecule has 6 aliphatic rings. The first-order chi connectivity index (χ1) is 41.8. The summed E-state index contributed by atoms with van der Waals surface area (Å²) in [5.74, 6) is 0.0270. The Morgan fingerprint density at radius 3 is 1.26 bits per heavy atom. The lowest BCUT2D eigenvalue weighted by Gasteiger charge is -2.25. The van der Waals surface area contributed by atoms with Gasteiger partial charge in [0.25, 0.3) is 11.1 Å². The summed E-state index contributed by atoms with van der Waals surface area (Å²) in [6.45, 7) is -3.20. The Bertz CT molecular complexity index is 4300. The molecule has 14 rings (SSSR count). The molecule has 4 bridgehead atoms. The fourth-order valence-electron chi connectivity index (χ4n) is 10.5. The summed E-state index contributed by atoms with van der Waals surface area (Å²) in [6.07, 6.45) is -15.3. The molecule has 6 aliphatic heterocycles. The molecular weight excluding hydrogens is 1270 g/mol. The highest BCUT2D eigenvalue weighted by Gasteiger charge is 2.56. The topological polar surface area (TPSA) is 594 Å². The number of pyridine rings is 1. The molecule has 20 atom stereocenters. The monoisotopic (exact) mass is 1320 g/mol. The number of aliphatic hydroxyl groups is 4. The molecule has 12 unspecified atom stereocenters. The molecule has 6 fully saturated rings. The number of phosphoric acid groups is 4. The number of anilines is 2. The van der Waals surface area contributed by atoms with Crippen LogP contribution in [0.2, 0.25) is 0 Å². The lowest BCUT2D eigenvalue weighted by atomic mass is 10.1. The number of aliphatic hydroxyl groups excluding tert-OH is 4. The van der Waals surface area contributed by atoms with E-state index in [1.165, 1.54) is 43.2 Å². The number of nitrogens with zero attached hydrogens (tertiary/aromatic N) is 13. The molecule has 0 aliphatic carbocycles. The van der Waals surface area contributed by atoms with E-state index in [1.807, 2.05) is 0 Å². The predicted molar refractivity (Wildman–Crippen MR) is 280 cm³/mol. The maximum Gasteiger partial charge on any atom is 0.472 e. The maximum atomic E-state index is 13.2. The number of rotatable bonds is 4. The van der Waals surface area contributed by atoms with Gasteiger partial charge >= 0.3 is 31.3 Å². The van der Waals surface area contributed by atoms with Gasteiger partial charge in [0.2, 0.25) is 0 Å². The highest BCUT2D eigenvalue weighted by molar-refractivity contribution is 7.48. The largest absolute Gasteiger partial charge is 0.472 e. The second-order valence-electron chi connectivity index (χ2n) is 20.0. The number of imidazole rings is 4. The SMILES string of the molecule is Nc1ccnc2c1ncn2C1OC2COP(=O)(O)O[C@H]3C(n4cnc5c(=O)[nH]cnc54)OC(COP(=O)(O)O[C@H]2[C@H]1O)[C@H]3O.Nc1ncnc2c1ncn2C1OC2COP(=O)(O)O[C@@H]3C(COP(=O)(O)O[C@@H]1[C@@H]2O)OC(n1cnc2c(=O)[nH]cnc21)[C@@H]3O. The molecule has 6 saturated heterocycles. The van der Waals surface area contributed by atoms with Gasteiger partial charge in [-0.1, -0.05) is 0 Å². The fourth-order valence-corrected chi connectivity index (χ4v) is 14.3. The van der Waals surface area contributed by atoms with Crippen LogP contribution in [-0.2, 0) is 73.4 Å². The van der Waals surface area contributed by atoms with Crippen LogP contribution in [0.15, 0.2) is 66.1 Å². The molecule has 47 heteroatoms. The van der Waals surface area contributed by atoms with Crippen molar-refractivity contribution in [3.05, 3.63) is 77.3 Å². The Balaban J connectivity index is 0.000000162. The van der Waals surface area contributed by atoms with Crippen LogP contribution in [0.3, 0.4) is 0 Å². The zero-order chi connectivity index (χ0) is 61.9. The zero-order valence-corrected chi connectivity index (χ0v) is 47.5. The summed E-state index contributed by atoms with van der Waals surface area (Å²) in [7, 11) is -20.2. The van der Waals surface area contributed by atoms with Crippen LogP contribution >= 0.6 is 31.3 Å². The van der Waals surface area contributed by atoms with Crippen molar-refractivity contribution in [3.8, 4) is 0 Å². The third kappa shape index (κ3) is 11.2. The molecule has 472 valence electrons. The first-order valence-corrected chi connectivity index (χ1v) is 31.6. The van der Waals surface area contributed by atoms with Gasteiger partial charge in [-0.05, 0) is 6.07 Å². The van der Waals surface area contributed by atoms with Crippen LogP contribution in [0.4, 0.5) is 11.5 Å². The van der Waals surface area contributed by atoms with Crippen LogP contribution < -0.4 is 22.6 Å². The number of nitrogens with two attached hydrogens (primary N) is 2. The van der Waals surface area contributed by atoms with Crippen LogP contribution in [-0.4, -0.2) is 213 Å². The minimum Gasteiger partial charge on any atom is -0.397 e. The van der Waals surface area contributed by atoms with Gasteiger partial charge in [-0.25, -0.2) is 63.1 Å². The third-order valence-corrected chi connectivity index (χ3v) is 18.5. The Labute approximate surface area is 486 Å². The Hall–Kier alpha value is -6.41. The first kappa shape index (κ1) is 60.5. The number of hydrogen-bond donors (Lipinski definition) is 12. The fraction of sp³-hybridized carbons (Fsp3) is 0.488. The molecule has 88 heavy (non-hydrogen) atoms. The van der Waals surface area contributed by atoms with Gasteiger partial charge < -0.3 is 80.4 Å². The molecule has 14 N–H and O–H groups in total. The van der Waals surface area contributed by atoms with Gasteiger partial charge in [0.15, 0.2) is 64.4 Å². The van der Waals surface area contributed by atoms with Gasteiger partial charge in [0.1, 0.15) is 90.6 Å². The minimum atomic E-state index is -5.07. The molecule has 8 aromatic heterocycles. The van der Waals surface area contributed by atoms with Crippen LogP contribution in [0, 0.1) is 0 Å². The quantitative estimate of drug-likeness (QED) is 0.0770. The summed E-state index contributed by atoms with van der Waals surface area (Å²) in [5.41, 5.74) is 11.5. The molecule has 0 spiro atoms. The summed E-state index contributed by atoms with van der Waals surface area (Å²) < 4.78 is 122. The van der Waals surface area contributed by atoms with Crippen LogP contribution in [0.1, 0.15) is 24.9 Å². The molecule has 0 saturated carbocycles. The average Bonchev–Trinajstić information content (AvgIpc) is 1.75. The second-order valence-corrected chi connectivity index (χ2v) is 25.6. The number of hydrogen-bond acceptors (Lipinski definition) is 33. The lowest BCUT2D eigenvalue weighted by molar-refractivity contribution is -0.0673. The molecular formula is C41H47N17O26P4. The molecule has 0 aromatic carbocycles. The summed E-state index contributed by atoms with van der Waals surface area (Å²) in [6, 6.07) is 1.51. The standard InChI is InChI=1S/C21H24N8O13P2.C20H23N9O13P2/c22-8-1-2-23-17-11(8)26-6-28(17)20-14(31)15-10(40-20)4-38-44(35,36)42-16-13(30)9(3-37-43(33,34)41-15)39-21(16)29-7-27-12-18(29)24-5-25-19(12)32;21-15-9-16(23-3-22-15)29(5-26-9)20-14-11(30)7(39-20)1-37-43(33,34)41-13-8(2-38-44(35,36)42-14)40-19(12(13)31)28-6-27-10-17(28)24-4-25-18(10)32/h1-2,5-7,9-10,13-16,20-21,30-31H,3-4H2,(H2,22,23)(H,33,34)(H,35,36)(H,24,25,32);3-8,11-14,19-20,30-31H,1-2H2,(H,33,34)(H,35,36)(H2,21,22,23)(H,24,25,32)/t9?,10?,13-,14-,15-,16-,20?,21?;7?,8?,11-,12-,13-,14-,19?,20?/m11/s1. The number of ether oxygens (including phenoxy) is 4. The average molecular weight is 1320 g/mol. The van der Waals surface area contributed by atoms with E-state index >= 15 is 0 Å². The number of nitrogen functional groups attached to an aromatic ring is 2. The Morgan fingerprint density at radius 1 is 0.443 bits per heavy atom. The number of nitrogens with one attached hydrogen (secondary N) is 2. The van der Waals surface area contributed by atoms with Crippen molar-refractivity contribution in [3.63, 3.8) is 0 Å². The van der Waals surface area contributed by atoms with E-state index in [2.05, 4.69) is 54.8 Å². The number of fused-ring (bicyclic) bond motifs is 10. The normalized spacial score (nSPS) is 38.3. The van der Waals surface area contributed by atoms with Gasteiger partial charge in [-0.2, -0.15) is 0 Å². The highest BCUT2D eigenvalue weighted by atomic mass is 31.2. The van der Waals surface area contributed by atoms with Crippen LogP contribution in [0.25, 0.3) is 44.7 Å². The lowest BCUT2D eigenvalue weighted by Crippen LogP contribution is -2.36. The maximum absolute atomic E-state index is 13.2. The van der Waals surface area contributed by atoms with E-state index in [9.17, 15) is 67.8 Å². The van der Waals surface area contributed by atoms with Gasteiger partial charge in [-0.15, -0.1) is 0 Å². The zero-order valence-electron chi connectivity index (χ0n) is 43.9. The van der Waals surface area contributed by atoms with Crippen molar-refractivity contribution >= 4 is 87.5 Å². The molecule has 0 radical (unpaired) electrons. The van der Waals surface area contributed by atoms with Crippen molar-refractivity contribution in [2.45, 2.75) is 98.2 Å². The molecule has 8 aromatic rings. The van der Waals surface area contributed by atoms with E-state index in [1.54, 1.807) is 0 Å². The smallest absolute Gasteiger partial charge is 0.397 e. The van der Waals surface area contributed by atoms with E-state index in [0.29, 0.717) is 11.2 Å². The second kappa shape index (κ2) is 22.8. The summed E-state index contributed by atoms with van der Waals surface area (Å²) in [5, 5.41) is 44.2. The Kier molecular flexibility index (Phi) is 15.7. The van der Waals surface area contributed by atoms with Crippen LogP contribution in [0.5, 0.6) is 0 Å². The molecule has 14 heterocycles. The number of aromatic amines is 2. The van der Waals surface area contributed by atoms with Gasteiger partial charge in [-0.3, -0.25) is 64.0 Å². The van der Waals surface area contributed by atoms with Crippen molar-refractivity contribution in [2.24, 2.45) is 0 Å².